The maximum atomic E-state index is 13.7. The van der Waals surface area contributed by atoms with Crippen LogP contribution >= 0.6 is 15.9 Å². The second kappa shape index (κ2) is 7.22. The van der Waals surface area contributed by atoms with E-state index in [0.717, 1.165) is 31.0 Å². The summed E-state index contributed by atoms with van der Waals surface area (Å²) in [5, 5.41) is 0.826. The molecule has 102 valence electrons. The molecule has 1 rings (SSSR count). The Kier molecular flexibility index (Phi) is 6.27. The lowest BCUT2D eigenvalue weighted by Crippen LogP contribution is -2.25. The summed E-state index contributed by atoms with van der Waals surface area (Å²) in [6.07, 6.45) is 4.85. The first-order valence-corrected chi connectivity index (χ1v) is 7.69. The minimum absolute atomic E-state index is 0.0324. The van der Waals surface area contributed by atoms with E-state index in [2.05, 4.69) is 29.8 Å². The molecule has 0 bridgehead atoms. The molecule has 1 aromatic carbocycles. The minimum atomic E-state index is -0.360. The van der Waals surface area contributed by atoms with Crippen LogP contribution in [0.15, 0.2) is 18.2 Å². The first kappa shape index (κ1) is 15.6. The average molecular weight is 319 g/mol. The van der Waals surface area contributed by atoms with E-state index in [1.54, 1.807) is 0 Å². The number of benzene rings is 1. The van der Waals surface area contributed by atoms with Crippen LogP contribution in [0.3, 0.4) is 0 Å². The van der Waals surface area contributed by atoms with Gasteiger partial charge in [0.25, 0.3) is 0 Å². The van der Waals surface area contributed by atoms with E-state index >= 15 is 0 Å². The lowest BCUT2D eigenvalue weighted by atomic mass is 9.77. The third-order valence-electron chi connectivity index (χ3n) is 3.67. The van der Waals surface area contributed by atoms with Gasteiger partial charge >= 0.3 is 0 Å². The molecule has 0 nitrogen and oxygen atoms in total. The lowest BCUT2D eigenvalue weighted by molar-refractivity contribution is 0.280. The van der Waals surface area contributed by atoms with Gasteiger partial charge in [0, 0.05) is 5.33 Å². The van der Waals surface area contributed by atoms with Gasteiger partial charge in [0.05, 0.1) is 0 Å². The number of rotatable bonds is 7. The maximum Gasteiger partial charge on any atom is 0.126 e. The molecule has 0 aromatic heterocycles. The molecule has 1 atom stereocenters. The van der Waals surface area contributed by atoms with Gasteiger partial charge in [0.1, 0.15) is 11.6 Å². The number of unbranched alkanes of at least 4 members (excludes halogenated alkanes) is 1. The van der Waals surface area contributed by atoms with E-state index in [0.29, 0.717) is 12.0 Å². The van der Waals surface area contributed by atoms with Crippen molar-refractivity contribution in [1.82, 2.24) is 0 Å². The van der Waals surface area contributed by atoms with Crippen LogP contribution in [0.2, 0.25) is 0 Å². The fraction of sp³-hybridized carbons (Fsp3) is 0.600. The van der Waals surface area contributed by atoms with Crippen LogP contribution in [-0.4, -0.2) is 5.33 Å². The molecule has 3 heteroatoms. The summed E-state index contributed by atoms with van der Waals surface area (Å²) in [5.74, 6) is -0.659. The summed E-state index contributed by atoms with van der Waals surface area (Å²) in [7, 11) is 0. The van der Waals surface area contributed by atoms with Gasteiger partial charge < -0.3 is 0 Å². The highest BCUT2D eigenvalue weighted by Gasteiger charge is 2.28. The highest BCUT2D eigenvalue weighted by Crippen LogP contribution is 2.35. The molecule has 18 heavy (non-hydrogen) atoms. The van der Waals surface area contributed by atoms with Crippen molar-refractivity contribution in [2.24, 2.45) is 5.41 Å². The minimum Gasteiger partial charge on any atom is -0.207 e. The van der Waals surface area contributed by atoms with Crippen LogP contribution < -0.4 is 0 Å². The third-order valence-corrected chi connectivity index (χ3v) is 4.86. The zero-order valence-electron chi connectivity index (χ0n) is 11.1. The lowest BCUT2D eigenvalue weighted by Gasteiger charge is -2.31. The van der Waals surface area contributed by atoms with E-state index in [4.69, 9.17) is 0 Å². The van der Waals surface area contributed by atoms with Crippen molar-refractivity contribution in [2.45, 2.75) is 46.0 Å². The zero-order chi connectivity index (χ0) is 13.6. The van der Waals surface area contributed by atoms with E-state index in [1.165, 1.54) is 18.2 Å². The molecule has 0 heterocycles. The Morgan fingerprint density at radius 1 is 1.22 bits per heavy atom. The molecule has 0 fully saturated rings. The number of alkyl halides is 1. The summed E-state index contributed by atoms with van der Waals surface area (Å²) < 4.78 is 26.9. The molecule has 0 radical (unpaired) electrons. The summed E-state index contributed by atoms with van der Waals surface area (Å²) in [5.41, 5.74) is 0.525. The van der Waals surface area contributed by atoms with Crippen LogP contribution in [0.4, 0.5) is 8.78 Å². The number of hydrogen-bond acceptors (Lipinski definition) is 0. The van der Waals surface area contributed by atoms with Gasteiger partial charge in [-0.05, 0) is 48.4 Å². The summed E-state index contributed by atoms with van der Waals surface area (Å²) in [6, 6.07) is 3.72. The molecule has 1 unspecified atom stereocenters. The molecule has 1 aromatic rings. The zero-order valence-corrected chi connectivity index (χ0v) is 12.7. The Balaban J connectivity index is 2.91. The van der Waals surface area contributed by atoms with Gasteiger partial charge in [-0.15, -0.1) is 0 Å². The highest BCUT2D eigenvalue weighted by molar-refractivity contribution is 9.09. The van der Waals surface area contributed by atoms with Gasteiger partial charge in [-0.25, -0.2) is 8.78 Å². The monoisotopic (exact) mass is 318 g/mol. The van der Waals surface area contributed by atoms with Crippen molar-refractivity contribution >= 4 is 15.9 Å². The SMILES string of the molecule is CCCCC(CC)(CBr)Cc1cc(F)ccc1F. The molecule has 0 aliphatic heterocycles. The fourth-order valence-electron chi connectivity index (χ4n) is 2.23. The van der Waals surface area contributed by atoms with Crippen LogP contribution in [-0.2, 0) is 6.42 Å². The number of hydrogen-bond donors (Lipinski definition) is 0. The highest BCUT2D eigenvalue weighted by atomic mass is 79.9. The first-order valence-electron chi connectivity index (χ1n) is 6.57. The predicted molar refractivity (Wildman–Crippen MR) is 76.1 cm³/mol. The molecular weight excluding hydrogens is 298 g/mol. The van der Waals surface area contributed by atoms with Gasteiger partial charge in [0.15, 0.2) is 0 Å². The van der Waals surface area contributed by atoms with Crippen molar-refractivity contribution in [3.8, 4) is 0 Å². The topological polar surface area (TPSA) is 0 Å². The molecule has 0 spiro atoms. The summed E-state index contributed by atoms with van der Waals surface area (Å²) in [4.78, 5) is 0. The molecule has 0 saturated heterocycles. The Bertz CT molecular complexity index is 373. The van der Waals surface area contributed by atoms with Crippen LogP contribution in [0.1, 0.15) is 45.1 Å². The van der Waals surface area contributed by atoms with Gasteiger partial charge in [-0.2, -0.15) is 0 Å². The van der Waals surface area contributed by atoms with Crippen molar-refractivity contribution in [1.29, 1.82) is 0 Å². The van der Waals surface area contributed by atoms with Crippen LogP contribution in [0.25, 0.3) is 0 Å². The van der Waals surface area contributed by atoms with Crippen molar-refractivity contribution in [3.63, 3.8) is 0 Å². The summed E-state index contributed by atoms with van der Waals surface area (Å²) >= 11 is 3.55. The maximum absolute atomic E-state index is 13.7. The van der Waals surface area contributed by atoms with Crippen molar-refractivity contribution in [2.75, 3.05) is 5.33 Å². The van der Waals surface area contributed by atoms with Crippen LogP contribution in [0, 0.1) is 17.0 Å². The smallest absolute Gasteiger partial charge is 0.126 e. The second-order valence-electron chi connectivity index (χ2n) is 5.00. The van der Waals surface area contributed by atoms with E-state index in [9.17, 15) is 8.78 Å². The van der Waals surface area contributed by atoms with Gasteiger partial charge in [0.2, 0.25) is 0 Å². The normalized spacial score (nSPS) is 14.5. The van der Waals surface area contributed by atoms with Crippen molar-refractivity contribution in [3.05, 3.63) is 35.4 Å². The van der Waals surface area contributed by atoms with E-state index in [-0.39, 0.29) is 17.0 Å². The molecule has 0 aliphatic rings. The fourth-order valence-corrected chi connectivity index (χ4v) is 3.11. The molecule has 0 N–H and O–H groups in total. The standard InChI is InChI=1S/C15H21BrF2/c1-3-5-8-15(4-2,11-16)10-12-9-13(17)6-7-14(12)18/h6-7,9H,3-5,8,10-11H2,1-2H3. The quantitative estimate of drug-likeness (QED) is 0.583. The molecular formula is C15H21BrF2. The Hall–Kier alpha value is -0.440. The Morgan fingerprint density at radius 2 is 1.94 bits per heavy atom. The van der Waals surface area contributed by atoms with Crippen molar-refractivity contribution < 1.29 is 8.78 Å². The second-order valence-corrected chi connectivity index (χ2v) is 5.56. The van der Waals surface area contributed by atoms with E-state index < -0.39 is 0 Å². The van der Waals surface area contributed by atoms with E-state index in [1.807, 2.05) is 0 Å². The Labute approximate surface area is 117 Å². The third kappa shape index (κ3) is 4.04. The first-order chi connectivity index (χ1) is 8.56. The number of halogens is 3. The predicted octanol–water partition coefficient (Wildman–Crippen LogP) is 5.49. The largest absolute Gasteiger partial charge is 0.207 e. The molecule has 0 amide bonds. The Morgan fingerprint density at radius 3 is 2.50 bits per heavy atom. The average Bonchev–Trinajstić information content (AvgIpc) is 2.39. The van der Waals surface area contributed by atoms with Crippen LogP contribution in [0.5, 0.6) is 0 Å². The summed E-state index contributed by atoms with van der Waals surface area (Å²) in [6.45, 7) is 4.27. The van der Waals surface area contributed by atoms with Gasteiger partial charge in [-0.1, -0.05) is 42.6 Å². The molecule has 0 saturated carbocycles. The molecule has 0 aliphatic carbocycles. The van der Waals surface area contributed by atoms with Gasteiger partial charge in [-0.3, -0.25) is 0 Å².